The van der Waals surface area contributed by atoms with Gasteiger partial charge in [0.1, 0.15) is 11.4 Å². The maximum atomic E-state index is 13.1. The lowest BCUT2D eigenvalue weighted by Gasteiger charge is -2.25. The molecular formula is C22H23N3O6S. The van der Waals surface area contributed by atoms with Crippen LogP contribution in [0.15, 0.2) is 35.2 Å². The van der Waals surface area contributed by atoms with E-state index in [4.69, 9.17) is 14.7 Å². The second-order valence-corrected chi connectivity index (χ2v) is 9.07. The van der Waals surface area contributed by atoms with E-state index in [2.05, 4.69) is 0 Å². The van der Waals surface area contributed by atoms with E-state index in [-0.39, 0.29) is 34.9 Å². The Morgan fingerprint density at radius 3 is 2.34 bits per heavy atom. The fourth-order valence-corrected chi connectivity index (χ4v) is 4.94. The van der Waals surface area contributed by atoms with Gasteiger partial charge in [-0.3, -0.25) is 9.59 Å². The molecule has 0 saturated carbocycles. The Balaban J connectivity index is 1.96. The van der Waals surface area contributed by atoms with Gasteiger partial charge < -0.3 is 14.4 Å². The number of rotatable bonds is 7. The number of hydrogen-bond donors (Lipinski definition) is 0. The molecule has 32 heavy (non-hydrogen) atoms. The Morgan fingerprint density at radius 2 is 1.75 bits per heavy atom. The van der Waals surface area contributed by atoms with Crippen LogP contribution < -0.4 is 14.4 Å². The van der Waals surface area contributed by atoms with E-state index >= 15 is 0 Å². The number of amides is 2. The third kappa shape index (κ3) is 3.99. The number of carbonyl (C=O) groups excluding carboxylic acids is 2. The first-order valence-electron chi connectivity index (χ1n) is 9.73. The van der Waals surface area contributed by atoms with Crippen molar-refractivity contribution in [3.8, 4) is 17.6 Å². The van der Waals surface area contributed by atoms with Crippen molar-refractivity contribution in [2.75, 3.05) is 32.2 Å². The highest BCUT2D eigenvalue weighted by molar-refractivity contribution is 7.90. The monoisotopic (exact) mass is 457 g/mol. The number of nitriles is 1. The highest BCUT2D eigenvalue weighted by atomic mass is 32.2. The predicted octanol–water partition coefficient (Wildman–Crippen LogP) is 2.41. The molecule has 1 heterocycles. The van der Waals surface area contributed by atoms with Crippen LogP contribution in [-0.2, 0) is 14.8 Å². The smallest absolute Gasteiger partial charge is 0.269 e. The summed E-state index contributed by atoms with van der Waals surface area (Å²) in [6, 6.07) is 9.83. The second-order valence-electron chi connectivity index (χ2n) is 7.24. The van der Waals surface area contributed by atoms with Gasteiger partial charge in [-0.25, -0.2) is 12.7 Å². The number of aryl methyl sites for hydroxylation is 2. The summed E-state index contributed by atoms with van der Waals surface area (Å²) in [4.78, 5) is 27.1. The molecule has 0 fully saturated rings. The summed E-state index contributed by atoms with van der Waals surface area (Å²) < 4.78 is 37.0. The molecular weight excluding hydrogens is 434 g/mol. The number of carbonyl (C=O) groups is 2. The van der Waals surface area contributed by atoms with Crippen LogP contribution in [0.5, 0.6) is 11.5 Å². The van der Waals surface area contributed by atoms with Gasteiger partial charge in [0.15, 0.2) is 11.5 Å². The van der Waals surface area contributed by atoms with Crippen LogP contribution in [0.3, 0.4) is 0 Å². The van der Waals surface area contributed by atoms with E-state index < -0.39 is 28.4 Å². The summed E-state index contributed by atoms with van der Waals surface area (Å²) in [7, 11) is -1.54. The second kappa shape index (κ2) is 8.88. The van der Waals surface area contributed by atoms with E-state index in [1.54, 1.807) is 12.1 Å². The summed E-state index contributed by atoms with van der Waals surface area (Å²) in [5.74, 6) is -1.09. The molecule has 0 saturated heterocycles. The van der Waals surface area contributed by atoms with Gasteiger partial charge in [-0.05, 0) is 43.2 Å². The minimum Gasteiger partial charge on any atom is -0.493 e. The molecule has 2 aromatic rings. The molecule has 0 radical (unpaired) electrons. The fourth-order valence-electron chi connectivity index (χ4n) is 3.42. The van der Waals surface area contributed by atoms with Gasteiger partial charge >= 0.3 is 0 Å². The molecule has 2 amide bonds. The first kappa shape index (κ1) is 23.1. The Labute approximate surface area is 186 Å². The number of nitrogens with zero attached hydrogens (tertiary/aromatic N) is 3. The average Bonchev–Trinajstić information content (AvgIpc) is 2.95. The van der Waals surface area contributed by atoms with Gasteiger partial charge in [-0.15, -0.1) is 0 Å². The largest absolute Gasteiger partial charge is 0.493 e. The number of ether oxygens (including phenoxy) is 2. The molecule has 1 aliphatic rings. The lowest BCUT2D eigenvalue weighted by Crippen LogP contribution is -2.43. The van der Waals surface area contributed by atoms with Crippen LogP contribution >= 0.6 is 0 Å². The molecule has 0 aromatic heterocycles. The van der Waals surface area contributed by atoms with Crippen molar-refractivity contribution in [1.82, 2.24) is 4.31 Å². The van der Waals surface area contributed by atoms with E-state index in [1.807, 2.05) is 26.0 Å². The SMILES string of the molecule is COc1cc2c(cc1OC)S(=O)(=O)N(CC(=O)N(CCC#N)c1ccc(C)c(C)c1)C2=O. The lowest BCUT2D eigenvalue weighted by atomic mass is 10.1. The van der Waals surface area contributed by atoms with Crippen LogP contribution in [-0.4, -0.2) is 51.8 Å². The molecule has 1 aliphatic heterocycles. The summed E-state index contributed by atoms with van der Waals surface area (Å²) >= 11 is 0. The van der Waals surface area contributed by atoms with Crippen LogP contribution in [0.2, 0.25) is 0 Å². The summed E-state index contributed by atoms with van der Waals surface area (Å²) in [6.07, 6.45) is 0.0496. The number of hydrogen-bond acceptors (Lipinski definition) is 7. The van der Waals surface area contributed by atoms with Gasteiger partial charge in [-0.1, -0.05) is 6.07 Å². The highest BCUT2D eigenvalue weighted by Crippen LogP contribution is 2.38. The zero-order valence-electron chi connectivity index (χ0n) is 18.2. The van der Waals surface area contributed by atoms with Gasteiger partial charge in [-0.2, -0.15) is 5.26 Å². The average molecular weight is 458 g/mol. The van der Waals surface area contributed by atoms with Gasteiger partial charge in [0.05, 0.1) is 32.3 Å². The molecule has 2 aromatic carbocycles. The Bertz CT molecular complexity index is 1230. The molecule has 0 aliphatic carbocycles. The van der Waals surface area contributed by atoms with Crippen LogP contribution in [0, 0.1) is 25.2 Å². The predicted molar refractivity (Wildman–Crippen MR) is 116 cm³/mol. The topological polar surface area (TPSA) is 117 Å². The molecule has 10 heteroatoms. The van der Waals surface area contributed by atoms with Crippen molar-refractivity contribution in [2.24, 2.45) is 0 Å². The summed E-state index contributed by atoms with van der Waals surface area (Å²) in [5.41, 5.74) is 2.40. The standard InChI is InChI=1S/C22H23N3O6S/c1-14-6-7-16(10-15(14)2)24(9-5-8-23)21(26)13-25-22(27)17-11-18(30-3)19(31-4)12-20(17)32(25,28)29/h6-7,10-12H,5,9,13H2,1-4H3. The maximum absolute atomic E-state index is 13.1. The van der Waals surface area contributed by atoms with Crippen molar-refractivity contribution in [1.29, 1.82) is 5.26 Å². The molecule has 0 N–H and O–H groups in total. The Morgan fingerprint density at radius 1 is 1.09 bits per heavy atom. The Hall–Kier alpha value is -3.58. The molecule has 0 spiro atoms. The molecule has 0 bridgehead atoms. The Kier molecular flexibility index (Phi) is 6.41. The molecule has 0 atom stereocenters. The van der Waals surface area contributed by atoms with Crippen LogP contribution in [0.25, 0.3) is 0 Å². The van der Waals surface area contributed by atoms with Gasteiger partial charge in [0.2, 0.25) is 5.91 Å². The van der Waals surface area contributed by atoms with E-state index in [9.17, 15) is 18.0 Å². The van der Waals surface area contributed by atoms with Crippen LogP contribution in [0.1, 0.15) is 27.9 Å². The quantitative estimate of drug-likeness (QED) is 0.627. The number of methoxy groups -OCH3 is 2. The number of sulfonamides is 1. The van der Waals surface area contributed by atoms with Crippen molar-refractivity contribution >= 4 is 27.5 Å². The van der Waals surface area contributed by atoms with E-state index in [1.165, 1.54) is 31.3 Å². The number of benzene rings is 2. The van der Waals surface area contributed by atoms with Gasteiger partial charge in [0.25, 0.3) is 15.9 Å². The van der Waals surface area contributed by atoms with E-state index in [0.717, 1.165) is 11.1 Å². The lowest BCUT2D eigenvalue weighted by molar-refractivity contribution is -0.118. The van der Waals surface area contributed by atoms with Crippen molar-refractivity contribution < 1.29 is 27.5 Å². The van der Waals surface area contributed by atoms with E-state index in [0.29, 0.717) is 9.99 Å². The molecule has 168 valence electrons. The first-order valence-corrected chi connectivity index (χ1v) is 11.2. The minimum atomic E-state index is -4.26. The van der Waals surface area contributed by atoms with Crippen molar-refractivity contribution in [3.63, 3.8) is 0 Å². The third-order valence-corrected chi connectivity index (χ3v) is 7.11. The zero-order valence-corrected chi connectivity index (χ0v) is 19.0. The normalized spacial score (nSPS) is 14.0. The maximum Gasteiger partial charge on any atom is 0.269 e. The summed E-state index contributed by atoms with van der Waals surface area (Å²) in [5, 5.41) is 9.00. The molecule has 3 rings (SSSR count). The third-order valence-electron chi connectivity index (χ3n) is 5.34. The fraction of sp³-hybridized carbons (Fsp3) is 0.318. The summed E-state index contributed by atoms with van der Waals surface area (Å²) in [6.45, 7) is 3.18. The van der Waals surface area contributed by atoms with Crippen molar-refractivity contribution in [2.45, 2.75) is 25.2 Å². The first-order chi connectivity index (χ1) is 15.1. The highest BCUT2D eigenvalue weighted by Gasteiger charge is 2.44. The molecule has 9 nitrogen and oxygen atoms in total. The molecule has 0 unspecified atom stereocenters. The van der Waals surface area contributed by atoms with Crippen LogP contribution in [0.4, 0.5) is 5.69 Å². The zero-order chi connectivity index (χ0) is 23.6. The van der Waals surface area contributed by atoms with Gasteiger partial charge in [0, 0.05) is 18.3 Å². The minimum absolute atomic E-state index is 0.0496. The number of fused-ring (bicyclic) bond motifs is 1. The number of anilines is 1. The van der Waals surface area contributed by atoms with Crippen molar-refractivity contribution in [3.05, 3.63) is 47.0 Å².